The van der Waals surface area contributed by atoms with E-state index in [4.69, 9.17) is 16.6 Å². The second-order valence-corrected chi connectivity index (χ2v) is 6.23. The Hall–Kier alpha value is -0.930. The number of halogens is 2. The van der Waals surface area contributed by atoms with E-state index in [1.165, 1.54) is 24.0 Å². The molecule has 0 bridgehead atoms. The van der Waals surface area contributed by atoms with Crippen LogP contribution in [0.5, 0.6) is 0 Å². The molecule has 0 atom stereocenters. The van der Waals surface area contributed by atoms with Crippen LogP contribution in [0.25, 0.3) is 11.4 Å². The van der Waals surface area contributed by atoms with E-state index >= 15 is 0 Å². The molecule has 1 saturated carbocycles. The first-order valence-electron chi connectivity index (χ1n) is 6.37. The van der Waals surface area contributed by atoms with Crippen LogP contribution in [0.4, 0.5) is 0 Å². The first kappa shape index (κ1) is 13.1. The van der Waals surface area contributed by atoms with Crippen LogP contribution in [0, 0.1) is 13.8 Å². The largest absolute Gasteiger partial charge is 0.231 e. The summed E-state index contributed by atoms with van der Waals surface area (Å²) in [6.45, 7) is 4.16. The Labute approximate surface area is 126 Å². The Morgan fingerprint density at radius 3 is 2.37 bits per heavy atom. The molecular weight excluding hydrogens is 324 g/mol. The van der Waals surface area contributed by atoms with Crippen molar-refractivity contribution < 1.29 is 0 Å². The lowest BCUT2D eigenvalue weighted by atomic mass is 10.0. The van der Waals surface area contributed by atoms with Crippen LogP contribution < -0.4 is 0 Å². The third-order valence-corrected chi connectivity index (χ3v) is 4.79. The lowest BCUT2D eigenvalue weighted by Crippen LogP contribution is -2.00. The van der Waals surface area contributed by atoms with Gasteiger partial charge in [-0.3, -0.25) is 0 Å². The molecule has 2 nitrogen and oxygen atoms in total. The van der Waals surface area contributed by atoms with Gasteiger partial charge in [0.1, 0.15) is 5.15 Å². The van der Waals surface area contributed by atoms with Crippen LogP contribution in [0.3, 0.4) is 0 Å². The van der Waals surface area contributed by atoms with Crippen molar-refractivity contribution in [3.63, 3.8) is 0 Å². The Morgan fingerprint density at radius 2 is 1.79 bits per heavy atom. The second-order valence-electron chi connectivity index (χ2n) is 5.08. The van der Waals surface area contributed by atoms with Gasteiger partial charge in [0.05, 0.1) is 10.2 Å². The predicted octanol–water partition coefficient (Wildman–Crippen LogP) is 5.05. The van der Waals surface area contributed by atoms with Crippen molar-refractivity contribution >= 4 is 27.5 Å². The standard InChI is InChI=1S/C15H14BrClN2/c1-8-4-3-5-9(2)11(8)15-18-13(10-6-7-10)12(16)14(17)19-15/h3-5,10H,6-7H2,1-2H3. The Morgan fingerprint density at radius 1 is 1.16 bits per heavy atom. The summed E-state index contributed by atoms with van der Waals surface area (Å²) >= 11 is 9.76. The fourth-order valence-corrected chi connectivity index (χ4v) is 3.02. The number of nitrogens with zero attached hydrogens (tertiary/aromatic N) is 2. The van der Waals surface area contributed by atoms with Gasteiger partial charge in [-0.15, -0.1) is 0 Å². The molecule has 0 saturated heterocycles. The number of hydrogen-bond acceptors (Lipinski definition) is 2. The molecular formula is C15H14BrClN2. The first-order valence-corrected chi connectivity index (χ1v) is 7.54. The average molecular weight is 338 g/mol. The Balaban J connectivity index is 2.20. The molecule has 1 aliphatic rings. The minimum absolute atomic E-state index is 0.509. The topological polar surface area (TPSA) is 25.8 Å². The van der Waals surface area contributed by atoms with Gasteiger partial charge in [-0.05, 0) is 53.7 Å². The number of aryl methyl sites for hydroxylation is 2. The van der Waals surface area contributed by atoms with Gasteiger partial charge in [-0.2, -0.15) is 0 Å². The van der Waals surface area contributed by atoms with E-state index < -0.39 is 0 Å². The smallest absolute Gasteiger partial charge is 0.161 e. The molecule has 98 valence electrons. The Kier molecular flexibility index (Phi) is 3.35. The van der Waals surface area contributed by atoms with Gasteiger partial charge in [0.2, 0.25) is 0 Å². The molecule has 1 aromatic carbocycles. The van der Waals surface area contributed by atoms with E-state index in [0.717, 1.165) is 21.6 Å². The minimum atomic E-state index is 0.509. The molecule has 1 aliphatic carbocycles. The SMILES string of the molecule is Cc1cccc(C)c1-c1nc(Cl)c(Br)c(C2CC2)n1. The molecule has 2 aromatic rings. The summed E-state index contributed by atoms with van der Waals surface area (Å²) in [6.07, 6.45) is 2.39. The third-order valence-electron chi connectivity index (χ3n) is 3.51. The molecule has 0 aliphatic heterocycles. The average Bonchev–Trinajstić information content (AvgIpc) is 3.17. The van der Waals surface area contributed by atoms with Gasteiger partial charge in [0.15, 0.2) is 5.82 Å². The van der Waals surface area contributed by atoms with Crippen LogP contribution in [0.2, 0.25) is 5.15 Å². The van der Waals surface area contributed by atoms with Crippen LogP contribution in [-0.2, 0) is 0 Å². The zero-order valence-electron chi connectivity index (χ0n) is 10.9. The van der Waals surface area contributed by atoms with Gasteiger partial charge in [0, 0.05) is 11.5 Å². The maximum Gasteiger partial charge on any atom is 0.161 e. The van der Waals surface area contributed by atoms with Crippen LogP contribution in [0.15, 0.2) is 22.7 Å². The summed E-state index contributed by atoms with van der Waals surface area (Å²) in [4.78, 5) is 9.19. The molecule has 0 unspecified atom stereocenters. The van der Waals surface area contributed by atoms with Gasteiger partial charge >= 0.3 is 0 Å². The van der Waals surface area contributed by atoms with Gasteiger partial charge in [-0.25, -0.2) is 9.97 Å². The van der Waals surface area contributed by atoms with E-state index in [9.17, 15) is 0 Å². The summed E-state index contributed by atoms with van der Waals surface area (Å²) in [5, 5.41) is 0.509. The van der Waals surface area contributed by atoms with E-state index in [0.29, 0.717) is 11.1 Å². The minimum Gasteiger partial charge on any atom is -0.231 e. The number of hydrogen-bond donors (Lipinski definition) is 0. The van der Waals surface area contributed by atoms with E-state index in [-0.39, 0.29) is 0 Å². The van der Waals surface area contributed by atoms with Gasteiger partial charge < -0.3 is 0 Å². The van der Waals surface area contributed by atoms with E-state index in [1.807, 2.05) is 0 Å². The summed E-state index contributed by atoms with van der Waals surface area (Å²) in [6, 6.07) is 6.22. The summed E-state index contributed by atoms with van der Waals surface area (Å²) in [5.74, 6) is 1.28. The van der Waals surface area contributed by atoms with E-state index in [1.54, 1.807) is 0 Å². The maximum absolute atomic E-state index is 6.25. The molecule has 19 heavy (non-hydrogen) atoms. The van der Waals surface area contributed by atoms with Crippen molar-refractivity contribution in [2.75, 3.05) is 0 Å². The third kappa shape index (κ3) is 2.41. The highest BCUT2D eigenvalue weighted by atomic mass is 79.9. The molecule has 0 amide bonds. The first-order chi connectivity index (χ1) is 9.08. The molecule has 3 rings (SSSR count). The fraction of sp³-hybridized carbons (Fsp3) is 0.333. The van der Waals surface area contributed by atoms with Crippen molar-refractivity contribution in [1.29, 1.82) is 0 Å². The van der Waals surface area contributed by atoms with Crippen molar-refractivity contribution in [3.8, 4) is 11.4 Å². The van der Waals surface area contributed by atoms with Crippen molar-refractivity contribution in [3.05, 3.63) is 44.6 Å². The van der Waals surface area contributed by atoms with Crippen molar-refractivity contribution in [2.45, 2.75) is 32.6 Å². The molecule has 0 N–H and O–H groups in total. The van der Waals surface area contributed by atoms with Gasteiger partial charge in [-0.1, -0.05) is 29.8 Å². The number of benzene rings is 1. The second kappa shape index (κ2) is 4.88. The maximum atomic E-state index is 6.25. The number of rotatable bonds is 2. The molecule has 4 heteroatoms. The predicted molar refractivity (Wildman–Crippen MR) is 81.6 cm³/mol. The molecule has 0 spiro atoms. The fourth-order valence-electron chi connectivity index (χ4n) is 2.34. The lowest BCUT2D eigenvalue weighted by molar-refractivity contribution is 0.977. The summed E-state index contributed by atoms with van der Waals surface area (Å²) in [7, 11) is 0. The summed E-state index contributed by atoms with van der Waals surface area (Å²) in [5.41, 5.74) is 4.51. The quantitative estimate of drug-likeness (QED) is 0.716. The normalized spacial score (nSPS) is 14.7. The molecule has 0 radical (unpaired) electrons. The zero-order chi connectivity index (χ0) is 13.6. The highest BCUT2D eigenvalue weighted by molar-refractivity contribution is 9.10. The zero-order valence-corrected chi connectivity index (χ0v) is 13.2. The van der Waals surface area contributed by atoms with Crippen molar-refractivity contribution in [1.82, 2.24) is 9.97 Å². The number of aromatic nitrogens is 2. The molecule has 1 heterocycles. The van der Waals surface area contributed by atoms with Crippen molar-refractivity contribution in [2.24, 2.45) is 0 Å². The van der Waals surface area contributed by atoms with E-state index in [2.05, 4.69) is 53.0 Å². The van der Waals surface area contributed by atoms with Crippen LogP contribution in [0.1, 0.15) is 35.6 Å². The highest BCUT2D eigenvalue weighted by Crippen LogP contribution is 2.44. The van der Waals surface area contributed by atoms with Gasteiger partial charge in [0.25, 0.3) is 0 Å². The summed E-state index contributed by atoms with van der Waals surface area (Å²) < 4.78 is 0.853. The van der Waals surface area contributed by atoms with Crippen LogP contribution >= 0.6 is 27.5 Å². The lowest BCUT2D eigenvalue weighted by Gasteiger charge is -2.11. The Bertz CT molecular complexity index is 631. The molecule has 1 fully saturated rings. The van der Waals surface area contributed by atoms with Crippen LogP contribution in [-0.4, -0.2) is 9.97 Å². The monoisotopic (exact) mass is 336 g/mol. The highest BCUT2D eigenvalue weighted by Gasteiger charge is 2.29. The molecule has 1 aromatic heterocycles.